The van der Waals surface area contributed by atoms with E-state index in [9.17, 15) is 0 Å². The van der Waals surface area contributed by atoms with Crippen molar-refractivity contribution in [2.45, 2.75) is 26.2 Å². The molecule has 51 heavy (non-hydrogen) atoms. The maximum absolute atomic E-state index is 5.13. The Morgan fingerprint density at radius 1 is 0.647 bits per heavy atom. The Balaban J connectivity index is 1.28. The largest absolute Gasteiger partial charge is 0.310 e. The van der Waals surface area contributed by atoms with Gasteiger partial charge in [0, 0.05) is 38.9 Å². The Morgan fingerprint density at radius 2 is 1.31 bits per heavy atom. The number of aromatic nitrogens is 2. The fourth-order valence-corrected chi connectivity index (χ4v) is 7.49. The van der Waals surface area contributed by atoms with E-state index < -0.39 is 0 Å². The van der Waals surface area contributed by atoms with Gasteiger partial charge in [-0.3, -0.25) is 0 Å². The summed E-state index contributed by atoms with van der Waals surface area (Å²) in [5, 5.41) is 1.04. The lowest BCUT2D eigenvalue weighted by atomic mass is 9.82. The van der Waals surface area contributed by atoms with E-state index in [2.05, 4.69) is 165 Å². The maximum atomic E-state index is 5.13. The summed E-state index contributed by atoms with van der Waals surface area (Å²) in [6.07, 6.45) is 8.07. The zero-order chi connectivity index (χ0) is 35.0. The SMILES string of the molecule is C=C/C=C(\C=C/C)c1ccc(N(c2ccc(-c3nc(-c4ccccc4)c4ccccc4n3)cc2)c2cccc3c2-c2ccccc2C3(C)C)cc1. The standard InChI is InChI=1S/C48H39N3/c1-5-15-33(16-6-2)34-25-29-37(30-26-34)51(44-24-14-22-42-45(44)39-19-10-12-21-41(39)48(42,3)4)38-31-27-36(28-32-38)47-49-43-23-13-11-20-40(43)46(50-47)35-17-8-7-9-18-35/h5-32H,1H2,2-4H3/b16-6-,33-15+. The smallest absolute Gasteiger partial charge is 0.160 e. The van der Waals surface area contributed by atoms with Crippen LogP contribution in [0, 0.1) is 0 Å². The number of hydrogen-bond donors (Lipinski definition) is 0. The van der Waals surface area contributed by atoms with Crippen LogP contribution in [0.1, 0.15) is 37.5 Å². The Hall–Kier alpha value is -6.32. The second kappa shape index (κ2) is 13.2. The third kappa shape index (κ3) is 5.67. The Labute approximate surface area is 300 Å². The third-order valence-corrected chi connectivity index (χ3v) is 9.96. The summed E-state index contributed by atoms with van der Waals surface area (Å²) in [4.78, 5) is 12.5. The molecule has 8 rings (SSSR count). The van der Waals surface area contributed by atoms with Crippen molar-refractivity contribution in [2.75, 3.05) is 4.90 Å². The number of hydrogen-bond acceptors (Lipinski definition) is 3. The topological polar surface area (TPSA) is 29.0 Å². The summed E-state index contributed by atoms with van der Waals surface area (Å²) in [6, 6.07) is 51.7. The fraction of sp³-hybridized carbons (Fsp3) is 0.0833. The molecule has 0 N–H and O–H groups in total. The average molecular weight is 658 g/mol. The normalized spacial score (nSPS) is 13.3. The highest BCUT2D eigenvalue weighted by Crippen LogP contribution is 2.54. The number of allylic oxidation sites excluding steroid dienone is 5. The first-order chi connectivity index (χ1) is 25.0. The minimum absolute atomic E-state index is 0.109. The minimum Gasteiger partial charge on any atom is -0.310 e. The van der Waals surface area contributed by atoms with Crippen molar-refractivity contribution >= 4 is 33.5 Å². The molecule has 1 heterocycles. The first-order valence-corrected chi connectivity index (χ1v) is 17.5. The average Bonchev–Trinajstić information content (AvgIpc) is 3.42. The number of benzene rings is 6. The number of nitrogens with zero attached hydrogens (tertiary/aromatic N) is 3. The fourth-order valence-electron chi connectivity index (χ4n) is 7.49. The van der Waals surface area contributed by atoms with Crippen molar-refractivity contribution in [3.8, 4) is 33.8 Å². The Bertz CT molecular complexity index is 2450. The zero-order valence-corrected chi connectivity index (χ0v) is 29.2. The highest BCUT2D eigenvalue weighted by Gasteiger charge is 2.37. The van der Waals surface area contributed by atoms with Crippen molar-refractivity contribution in [2.24, 2.45) is 0 Å². The van der Waals surface area contributed by atoms with Crippen LogP contribution < -0.4 is 4.90 Å². The molecule has 0 fully saturated rings. The molecule has 0 unspecified atom stereocenters. The van der Waals surface area contributed by atoms with Crippen molar-refractivity contribution in [1.82, 2.24) is 9.97 Å². The number of para-hydroxylation sites is 1. The van der Waals surface area contributed by atoms with Crippen molar-refractivity contribution in [3.63, 3.8) is 0 Å². The van der Waals surface area contributed by atoms with Crippen molar-refractivity contribution in [1.29, 1.82) is 0 Å². The van der Waals surface area contributed by atoms with Crippen molar-refractivity contribution in [3.05, 3.63) is 193 Å². The van der Waals surface area contributed by atoms with E-state index in [0.717, 1.165) is 55.9 Å². The molecule has 0 radical (unpaired) electrons. The van der Waals surface area contributed by atoms with Crippen LogP contribution in [0.2, 0.25) is 0 Å². The molecule has 6 aromatic carbocycles. The molecule has 0 bridgehead atoms. The van der Waals surface area contributed by atoms with E-state index in [1.54, 1.807) is 0 Å². The predicted octanol–water partition coefficient (Wildman–Crippen LogP) is 12.9. The lowest BCUT2D eigenvalue weighted by molar-refractivity contribution is 0.660. The molecule has 0 atom stereocenters. The van der Waals surface area contributed by atoms with E-state index in [1.807, 2.05) is 37.3 Å². The first-order valence-electron chi connectivity index (χ1n) is 17.5. The highest BCUT2D eigenvalue weighted by molar-refractivity contribution is 5.96. The van der Waals surface area contributed by atoms with Gasteiger partial charge in [-0.05, 0) is 83.3 Å². The number of rotatable bonds is 8. The molecule has 0 amide bonds. The molecule has 0 saturated heterocycles. The van der Waals surface area contributed by atoms with Gasteiger partial charge < -0.3 is 4.90 Å². The second-order valence-corrected chi connectivity index (χ2v) is 13.4. The van der Waals surface area contributed by atoms with Crippen LogP contribution in [0.3, 0.4) is 0 Å². The zero-order valence-electron chi connectivity index (χ0n) is 29.2. The monoisotopic (exact) mass is 657 g/mol. The third-order valence-electron chi connectivity index (χ3n) is 9.96. The predicted molar refractivity (Wildman–Crippen MR) is 216 cm³/mol. The van der Waals surface area contributed by atoms with Crippen LogP contribution in [-0.4, -0.2) is 9.97 Å². The van der Waals surface area contributed by atoms with E-state index in [1.165, 1.54) is 22.3 Å². The van der Waals surface area contributed by atoms with Crippen LogP contribution in [0.4, 0.5) is 17.1 Å². The van der Waals surface area contributed by atoms with Crippen LogP contribution in [0.15, 0.2) is 176 Å². The Morgan fingerprint density at radius 3 is 2.06 bits per heavy atom. The van der Waals surface area contributed by atoms with E-state index in [-0.39, 0.29) is 5.41 Å². The Kier molecular flexibility index (Phi) is 8.25. The highest BCUT2D eigenvalue weighted by atomic mass is 15.1. The molecule has 0 aliphatic heterocycles. The van der Waals surface area contributed by atoms with Crippen molar-refractivity contribution < 1.29 is 0 Å². The molecular formula is C48H39N3. The van der Waals surface area contributed by atoms with Gasteiger partial charge in [-0.2, -0.15) is 0 Å². The molecule has 3 nitrogen and oxygen atoms in total. The van der Waals surface area contributed by atoms with Crippen LogP contribution in [0.25, 0.3) is 50.2 Å². The molecule has 1 aliphatic rings. The van der Waals surface area contributed by atoms with Gasteiger partial charge in [-0.1, -0.05) is 142 Å². The number of fused-ring (bicyclic) bond motifs is 4. The maximum Gasteiger partial charge on any atom is 0.160 e. The van der Waals surface area contributed by atoms with Crippen LogP contribution >= 0.6 is 0 Å². The van der Waals surface area contributed by atoms with Gasteiger partial charge in [-0.25, -0.2) is 9.97 Å². The van der Waals surface area contributed by atoms with Crippen LogP contribution in [-0.2, 0) is 5.41 Å². The molecule has 3 heteroatoms. The van der Waals surface area contributed by atoms with Gasteiger partial charge in [0.2, 0.25) is 0 Å². The summed E-state index contributed by atoms with van der Waals surface area (Å²) >= 11 is 0. The van der Waals surface area contributed by atoms with E-state index >= 15 is 0 Å². The second-order valence-electron chi connectivity index (χ2n) is 13.4. The summed E-state index contributed by atoms with van der Waals surface area (Å²) in [7, 11) is 0. The molecule has 0 spiro atoms. The van der Waals surface area contributed by atoms with Gasteiger partial charge in [0.05, 0.1) is 16.9 Å². The lowest BCUT2D eigenvalue weighted by Crippen LogP contribution is -2.16. The van der Waals surface area contributed by atoms with E-state index in [4.69, 9.17) is 9.97 Å². The van der Waals surface area contributed by atoms with E-state index in [0.29, 0.717) is 5.82 Å². The number of anilines is 3. The molecular weight excluding hydrogens is 619 g/mol. The van der Waals surface area contributed by atoms with Gasteiger partial charge >= 0.3 is 0 Å². The molecule has 7 aromatic rings. The first kappa shape index (κ1) is 31.9. The summed E-state index contributed by atoms with van der Waals surface area (Å²) in [5.41, 5.74) is 14.6. The lowest BCUT2D eigenvalue weighted by Gasteiger charge is -2.29. The van der Waals surface area contributed by atoms with Gasteiger partial charge in [0.25, 0.3) is 0 Å². The van der Waals surface area contributed by atoms with Gasteiger partial charge in [-0.15, -0.1) is 0 Å². The molecule has 0 saturated carbocycles. The van der Waals surface area contributed by atoms with Gasteiger partial charge in [0.1, 0.15) is 0 Å². The minimum atomic E-state index is -0.109. The summed E-state index contributed by atoms with van der Waals surface area (Å²) < 4.78 is 0. The quantitative estimate of drug-likeness (QED) is 0.152. The summed E-state index contributed by atoms with van der Waals surface area (Å²) in [5.74, 6) is 0.705. The van der Waals surface area contributed by atoms with Crippen LogP contribution in [0.5, 0.6) is 0 Å². The molecule has 246 valence electrons. The molecule has 1 aliphatic carbocycles. The molecule has 1 aromatic heterocycles. The summed E-state index contributed by atoms with van der Waals surface area (Å²) in [6.45, 7) is 10.6. The van der Waals surface area contributed by atoms with Gasteiger partial charge in [0.15, 0.2) is 5.82 Å².